The van der Waals surface area contributed by atoms with Gasteiger partial charge in [0.15, 0.2) is 0 Å². The van der Waals surface area contributed by atoms with Crippen molar-refractivity contribution in [1.29, 1.82) is 0 Å². The zero-order valence-corrected chi connectivity index (χ0v) is 17.0. The summed E-state index contributed by atoms with van der Waals surface area (Å²) in [6, 6.07) is 4.25. The van der Waals surface area contributed by atoms with Crippen LogP contribution in [-0.4, -0.2) is 21.5 Å². The van der Waals surface area contributed by atoms with E-state index in [1.54, 1.807) is 6.33 Å². The van der Waals surface area contributed by atoms with Gasteiger partial charge in [0, 0.05) is 29.7 Å². The maximum Gasteiger partial charge on any atom is 0.132 e. The van der Waals surface area contributed by atoms with Gasteiger partial charge < -0.3 is 5.32 Å². The molecule has 0 atom stereocenters. The Kier molecular flexibility index (Phi) is 6.25. The first-order valence-electron chi connectivity index (χ1n) is 10.2. The molecule has 1 aliphatic rings. The molecule has 1 fully saturated rings. The first kappa shape index (κ1) is 19.5. The summed E-state index contributed by atoms with van der Waals surface area (Å²) in [5.74, 6) is 1.02. The third kappa shape index (κ3) is 4.74. The van der Waals surface area contributed by atoms with Gasteiger partial charge in [-0.3, -0.25) is 4.98 Å². The molecule has 27 heavy (non-hydrogen) atoms. The number of allylic oxidation sites excluding steroid dienone is 1. The Morgan fingerprint density at radius 2 is 1.93 bits per heavy atom. The quantitative estimate of drug-likeness (QED) is 0.631. The Bertz CT molecular complexity index is 771. The Balaban J connectivity index is 1.61. The molecule has 0 spiro atoms. The van der Waals surface area contributed by atoms with Crippen LogP contribution in [0.1, 0.15) is 62.0 Å². The maximum atomic E-state index is 4.58. The predicted octanol–water partition coefficient (Wildman–Crippen LogP) is 5.08. The fourth-order valence-electron chi connectivity index (χ4n) is 4.05. The van der Waals surface area contributed by atoms with Crippen LogP contribution in [0, 0.1) is 12.3 Å². The number of nitrogens with zero attached hydrogens (tertiary/aromatic N) is 3. The van der Waals surface area contributed by atoms with Crippen LogP contribution in [0.5, 0.6) is 0 Å². The predicted molar refractivity (Wildman–Crippen MR) is 112 cm³/mol. The van der Waals surface area contributed by atoms with Gasteiger partial charge in [-0.1, -0.05) is 32.1 Å². The van der Waals surface area contributed by atoms with E-state index in [1.807, 2.05) is 6.20 Å². The van der Waals surface area contributed by atoms with E-state index in [1.165, 1.54) is 28.8 Å². The first-order chi connectivity index (χ1) is 13.0. The summed E-state index contributed by atoms with van der Waals surface area (Å²) >= 11 is 0. The van der Waals surface area contributed by atoms with E-state index in [-0.39, 0.29) is 0 Å². The molecule has 2 aromatic rings. The first-order valence-corrected chi connectivity index (χ1v) is 10.2. The number of anilines is 1. The molecule has 1 saturated carbocycles. The minimum absolute atomic E-state index is 0.365. The highest BCUT2D eigenvalue weighted by atomic mass is 15.0. The lowest BCUT2D eigenvalue weighted by Crippen LogP contribution is -2.37. The molecular weight excluding hydrogens is 332 g/mol. The Hall–Kier alpha value is -2.23. The second kappa shape index (κ2) is 8.64. The van der Waals surface area contributed by atoms with E-state index in [4.69, 9.17) is 0 Å². The maximum absolute atomic E-state index is 4.58. The summed E-state index contributed by atoms with van der Waals surface area (Å²) in [6.45, 7) is 11.6. The number of aryl methyl sites for hydroxylation is 3. The van der Waals surface area contributed by atoms with Crippen LogP contribution in [0.4, 0.5) is 5.82 Å². The smallest absolute Gasteiger partial charge is 0.132 e. The summed E-state index contributed by atoms with van der Waals surface area (Å²) in [5, 5.41) is 3.63. The Labute approximate surface area is 163 Å². The van der Waals surface area contributed by atoms with Gasteiger partial charge in [0.2, 0.25) is 0 Å². The molecule has 3 rings (SSSR count). The van der Waals surface area contributed by atoms with Crippen molar-refractivity contribution < 1.29 is 0 Å². The van der Waals surface area contributed by atoms with E-state index < -0.39 is 0 Å². The molecule has 0 bridgehead atoms. The van der Waals surface area contributed by atoms with Crippen molar-refractivity contribution in [3.63, 3.8) is 0 Å². The lowest BCUT2D eigenvalue weighted by molar-refractivity contribution is 0.216. The van der Waals surface area contributed by atoms with E-state index in [2.05, 4.69) is 59.8 Å². The van der Waals surface area contributed by atoms with Gasteiger partial charge in [0.1, 0.15) is 12.1 Å². The van der Waals surface area contributed by atoms with Crippen molar-refractivity contribution in [2.24, 2.45) is 5.41 Å². The molecule has 0 saturated heterocycles. The zero-order valence-electron chi connectivity index (χ0n) is 17.0. The second-order valence-corrected chi connectivity index (χ2v) is 7.99. The highest BCUT2D eigenvalue weighted by molar-refractivity contribution is 5.46. The molecular formula is C23H32N4. The normalized spacial score (nSPS) is 15.4. The van der Waals surface area contributed by atoms with E-state index in [0.717, 1.165) is 56.6 Å². The van der Waals surface area contributed by atoms with Crippen LogP contribution in [0.25, 0.3) is 0 Å². The fourth-order valence-corrected chi connectivity index (χ4v) is 4.05. The van der Waals surface area contributed by atoms with E-state index in [9.17, 15) is 0 Å². The number of hydrogen-bond donors (Lipinski definition) is 1. The standard InChI is InChI=1S/C23H32N4/c1-5-20-21(9-7-8-19-11-10-17(3)14-24-19)26-16-27-22(20)25-15-23(6-2)12-18(4)13-23/h10-11,14,16H,4-9,12-13,15H2,1-3H3,(H,25,26,27). The van der Waals surface area contributed by atoms with Gasteiger partial charge in [-0.15, -0.1) is 0 Å². The SMILES string of the molecule is C=C1CC(CC)(CNc2ncnc(CCCc3ccc(C)cn3)c2CC)C1. The van der Waals surface area contributed by atoms with Gasteiger partial charge in [-0.25, -0.2) is 9.97 Å². The minimum Gasteiger partial charge on any atom is -0.369 e. The van der Waals surface area contributed by atoms with Gasteiger partial charge >= 0.3 is 0 Å². The Morgan fingerprint density at radius 1 is 1.11 bits per heavy atom. The fraction of sp³-hybridized carbons (Fsp3) is 0.522. The van der Waals surface area contributed by atoms with Gasteiger partial charge in [-0.2, -0.15) is 0 Å². The summed E-state index contributed by atoms with van der Waals surface area (Å²) in [6.07, 6.45) is 11.1. The molecule has 0 aromatic carbocycles. The molecule has 144 valence electrons. The van der Waals surface area contributed by atoms with Crippen molar-refractivity contribution >= 4 is 5.82 Å². The molecule has 0 amide bonds. The average molecular weight is 365 g/mol. The lowest BCUT2D eigenvalue weighted by Gasteiger charge is -2.43. The Morgan fingerprint density at radius 3 is 2.56 bits per heavy atom. The van der Waals surface area contributed by atoms with Crippen molar-refractivity contribution in [1.82, 2.24) is 15.0 Å². The van der Waals surface area contributed by atoms with E-state index >= 15 is 0 Å². The van der Waals surface area contributed by atoms with Gasteiger partial charge in [0.05, 0.1) is 0 Å². The number of hydrogen-bond acceptors (Lipinski definition) is 4. The van der Waals surface area contributed by atoms with Crippen molar-refractivity contribution in [3.8, 4) is 0 Å². The summed E-state index contributed by atoms with van der Waals surface area (Å²) in [5.41, 5.74) is 6.54. The summed E-state index contributed by atoms with van der Waals surface area (Å²) < 4.78 is 0. The van der Waals surface area contributed by atoms with Crippen LogP contribution in [0.2, 0.25) is 0 Å². The highest BCUT2D eigenvalue weighted by Gasteiger charge is 2.37. The molecule has 1 aliphatic carbocycles. The molecule has 4 nitrogen and oxygen atoms in total. The van der Waals surface area contributed by atoms with Crippen LogP contribution in [-0.2, 0) is 19.3 Å². The topological polar surface area (TPSA) is 50.7 Å². The third-order valence-corrected chi connectivity index (χ3v) is 5.84. The lowest BCUT2D eigenvalue weighted by atomic mass is 9.64. The van der Waals surface area contributed by atoms with Crippen molar-refractivity contribution in [2.45, 2.75) is 65.7 Å². The second-order valence-electron chi connectivity index (χ2n) is 7.99. The zero-order chi connectivity index (χ0) is 19.3. The average Bonchev–Trinajstić information content (AvgIpc) is 2.66. The van der Waals surface area contributed by atoms with Gasteiger partial charge in [0.25, 0.3) is 0 Å². The monoisotopic (exact) mass is 364 g/mol. The molecule has 2 aromatic heterocycles. The van der Waals surface area contributed by atoms with Crippen LogP contribution < -0.4 is 5.32 Å². The number of rotatable bonds is 9. The number of nitrogens with one attached hydrogen (secondary N) is 1. The largest absolute Gasteiger partial charge is 0.369 e. The molecule has 2 heterocycles. The number of pyridine rings is 1. The highest BCUT2D eigenvalue weighted by Crippen LogP contribution is 2.47. The van der Waals surface area contributed by atoms with Crippen LogP contribution in [0.15, 0.2) is 36.8 Å². The number of aromatic nitrogens is 3. The molecule has 4 heteroatoms. The third-order valence-electron chi connectivity index (χ3n) is 5.84. The van der Waals surface area contributed by atoms with Gasteiger partial charge in [-0.05, 0) is 68.9 Å². The molecule has 0 aliphatic heterocycles. The summed E-state index contributed by atoms with van der Waals surface area (Å²) in [7, 11) is 0. The van der Waals surface area contributed by atoms with E-state index in [0.29, 0.717) is 5.41 Å². The van der Waals surface area contributed by atoms with Crippen LogP contribution in [0.3, 0.4) is 0 Å². The van der Waals surface area contributed by atoms with Crippen molar-refractivity contribution in [2.75, 3.05) is 11.9 Å². The van der Waals surface area contributed by atoms with Crippen molar-refractivity contribution in [3.05, 3.63) is 59.3 Å². The minimum atomic E-state index is 0.365. The molecule has 0 radical (unpaired) electrons. The van der Waals surface area contributed by atoms with Crippen LogP contribution >= 0.6 is 0 Å². The summed E-state index contributed by atoms with van der Waals surface area (Å²) in [4.78, 5) is 13.6. The molecule has 0 unspecified atom stereocenters. The molecule has 1 N–H and O–H groups in total.